The van der Waals surface area contributed by atoms with Crippen molar-refractivity contribution in [3.63, 3.8) is 0 Å². The molecule has 2 N–H and O–H groups in total. The van der Waals surface area contributed by atoms with Crippen LogP contribution in [-0.2, 0) is 16.0 Å². The zero-order valence-electron chi connectivity index (χ0n) is 17.5. The van der Waals surface area contributed by atoms with Crippen LogP contribution in [0.3, 0.4) is 0 Å². The first-order chi connectivity index (χ1) is 14.1. The standard InChI is InChI=1S/C24H34N2O3/c1-2-3-17-4-6-21(7-5-17)29-16-22(27)25-8-9-26-23(28)24-13-18-10-19(14-24)12-20(11-18)15-24/h4-7,18-20H,2-3,8-16H2,1H3,(H,25,27)(H,26,28). The largest absolute Gasteiger partial charge is 0.484 e. The van der Waals surface area contributed by atoms with Gasteiger partial charge in [-0.2, -0.15) is 0 Å². The Morgan fingerprint density at radius 2 is 1.55 bits per heavy atom. The van der Waals surface area contributed by atoms with Crippen LogP contribution in [0.15, 0.2) is 24.3 Å². The maximum absolute atomic E-state index is 12.9. The SMILES string of the molecule is CCCc1ccc(OCC(=O)NCCNC(=O)C23CC4CC(CC(C4)C2)C3)cc1. The first kappa shape index (κ1) is 20.2. The molecule has 0 radical (unpaired) electrons. The van der Waals surface area contributed by atoms with E-state index in [0.29, 0.717) is 18.8 Å². The molecule has 4 saturated carbocycles. The molecule has 5 rings (SSSR count). The monoisotopic (exact) mass is 398 g/mol. The lowest BCUT2D eigenvalue weighted by Crippen LogP contribution is -2.54. The zero-order chi connectivity index (χ0) is 20.3. The Kier molecular flexibility index (Phi) is 6.12. The Hall–Kier alpha value is -2.04. The summed E-state index contributed by atoms with van der Waals surface area (Å²) >= 11 is 0. The van der Waals surface area contributed by atoms with E-state index in [2.05, 4.69) is 17.6 Å². The molecule has 0 spiro atoms. The molecule has 29 heavy (non-hydrogen) atoms. The molecule has 4 aliphatic carbocycles. The number of carbonyl (C=O) groups is 2. The van der Waals surface area contributed by atoms with Crippen molar-refractivity contribution in [1.82, 2.24) is 10.6 Å². The van der Waals surface area contributed by atoms with Crippen LogP contribution in [0.2, 0.25) is 0 Å². The van der Waals surface area contributed by atoms with Gasteiger partial charge in [0.15, 0.2) is 6.61 Å². The molecule has 2 amide bonds. The van der Waals surface area contributed by atoms with Crippen LogP contribution in [-0.4, -0.2) is 31.5 Å². The molecule has 0 unspecified atom stereocenters. The first-order valence-electron chi connectivity index (χ1n) is 11.3. The van der Waals surface area contributed by atoms with Gasteiger partial charge in [0.2, 0.25) is 5.91 Å². The average molecular weight is 399 g/mol. The molecule has 0 heterocycles. The average Bonchev–Trinajstić information content (AvgIpc) is 2.70. The zero-order valence-corrected chi connectivity index (χ0v) is 17.5. The molecule has 4 aliphatic rings. The lowest BCUT2D eigenvalue weighted by Gasteiger charge is -2.55. The molecule has 0 aliphatic heterocycles. The summed E-state index contributed by atoms with van der Waals surface area (Å²) in [6.07, 6.45) is 9.39. The lowest BCUT2D eigenvalue weighted by atomic mass is 9.49. The van der Waals surface area contributed by atoms with Crippen LogP contribution >= 0.6 is 0 Å². The van der Waals surface area contributed by atoms with E-state index in [1.165, 1.54) is 24.8 Å². The Morgan fingerprint density at radius 1 is 0.966 bits per heavy atom. The molecule has 0 atom stereocenters. The maximum atomic E-state index is 12.9. The number of nitrogens with one attached hydrogen (secondary N) is 2. The molecule has 0 aromatic heterocycles. The second-order valence-electron chi connectivity index (χ2n) is 9.49. The summed E-state index contributed by atoms with van der Waals surface area (Å²) in [5.74, 6) is 3.05. The van der Waals surface area contributed by atoms with Crippen LogP contribution in [0.4, 0.5) is 0 Å². The van der Waals surface area contributed by atoms with E-state index in [9.17, 15) is 9.59 Å². The summed E-state index contributed by atoms with van der Waals surface area (Å²) in [7, 11) is 0. The van der Waals surface area contributed by atoms with Crippen molar-refractivity contribution in [2.24, 2.45) is 23.2 Å². The highest BCUT2D eigenvalue weighted by molar-refractivity contribution is 5.83. The van der Waals surface area contributed by atoms with Gasteiger partial charge in [0.1, 0.15) is 5.75 Å². The number of rotatable bonds is 9. The fourth-order valence-corrected chi connectivity index (χ4v) is 6.20. The van der Waals surface area contributed by atoms with Gasteiger partial charge in [0.25, 0.3) is 5.91 Å². The van der Waals surface area contributed by atoms with Crippen molar-refractivity contribution in [3.8, 4) is 5.75 Å². The van der Waals surface area contributed by atoms with Gasteiger partial charge in [0, 0.05) is 18.5 Å². The van der Waals surface area contributed by atoms with Gasteiger partial charge in [-0.15, -0.1) is 0 Å². The molecular formula is C24H34N2O3. The van der Waals surface area contributed by atoms with Crippen LogP contribution < -0.4 is 15.4 Å². The topological polar surface area (TPSA) is 67.4 Å². The van der Waals surface area contributed by atoms with Crippen molar-refractivity contribution in [2.75, 3.05) is 19.7 Å². The Morgan fingerprint density at radius 3 is 2.14 bits per heavy atom. The molecule has 5 heteroatoms. The predicted octanol–water partition coefficient (Wildman–Crippen LogP) is 3.47. The Labute approximate surface area is 174 Å². The normalized spacial score (nSPS) is 29.5. The number of hydrogen-bond donors (Lipinski definition) is 2. The number of aryl methyl sites for hydroxylation is 1. The second-order valence-corrected chi connectivity index (χ2v) is 9.49. The summed E-state index contributed by atoms with van der Waals surface area (Å²) in [5, 5.41) is 5.93. The molecule has 4 bridgehead atoms. The quantitative estimate of drug-likeness (QED) is 0.626. The van der Waals surface area contributed by atoms with E-state index < -0.39 is 0 Å². The summed E-state index contributed by atoms with van der Waals surface area (Å²) in [5.41, 5.74) is 1.16. The number of carbonyl (C=O) groups excluding carboxylic acids is 2. The van der Waals surface area contributed by atoms with E-state index in [1.54, 1.807) is 0 Å². The van der Waals surface area contributed by atoms with Crippen molar-refractivity contribution < 1.29 is 14.3 Å². The fourth-order valence-electron chi connectivity index (χ4n) is 6.20. The van der Waals surface area contributed by atoms with Gasteiger partial charge in [0.05, 0.1) is 0 Å². The molecule has 4 fully saturated rings. The lowest BCUT2D eigenvalue weighted by molar-refractivity contribution is -0.146. The third kappa shape index (κ3) is 4.76. The van der Waals surface area contributed by atoms with Gasteiger partial charge < -0.3 is 15.4 Å². The minimum Gasteiger partial charge on any atom is -0.484 e. The van der Waals surface area contributed by atoms with Gasteiger partial charge in [-0.1, -0.05) is 25.5 Å². The molecule has 1 aromatic rings. The maximum Gasteiger partial charge on any atom is 0.258 e. The van der Waals surface area contributed by atoms with Crippen LogP contribution in [0.5, 0.6) is 5.75 Å². The molecule has 0 saturated heterocycles. The van der Waals surface area contributed by atoms with Crippen LogP contribution in [0, 0.1) is 23.2 Å². The Bertz CT molecular complexity index is 693. The van der Waals surface area contributed by atoms with Gasteiger partial charge >= 0.3 is 0 Å². The highest BCUT2D eigenvalue weighted by atomic mass is 16.5. The number of amides is 2. The molecule has 1 aromatic carbocycles. The summed E-state index contributed by atoms with van der Waals surface area (Å²) in [4.78, 5) is 24.9. The van der Waals surface area contributed by atoms with E-state index in [4.69, 9.17) is 4.74 Å². The summed E-state index contributed by atoms with van der Waals surface area (Å²) < 4.78 is 5.54. The number of hydrogen-bond acceptors (Lipinski definition) is 3. The van der Waals surface area contributed by atoms with E-state index in [0.717, 1.165) is 49.9 Å². The fraction of sp³-hybridized carbons (Fsp3) is 0.667. The van der Waals surface area contributed by atoms with Crippen molar-refractivity contribution >= 4 is 11.8 Å². The summed E-state index contributed by atoms with van der Waals surface area (Å²) in [6.45, 7) is 3.07. The van der Waals surface area contributed by atoms with Crippen molar-refractivity contribution in [1.29, 1.82) is 0 Å². The predicted molar refractivity (Wildman–Crippen MR) is 113 cm³/mol. The minimum absolute atomic E-state index is 0.00392. The summed E-state index contributed by atoms with van der Waals surface area (Å²) in [6, 6.07) is 7.89. The highest BCUT2D eigenvalue weighted by Crippen LogP contribution is 2.60. The first-order valence-corrected chi connectivity index (χ1v) is 11.3. The molecule has 5 nitrogen and oxygen atoms in total. The molecule has 158 valence electrons. The second kappa shape index (κ2) is 8.76. The minimum atomic E-state index is -0.160. The van der Waals surface area contributed by atoms with Crippen molar-refractivity contribution in [2.45, 2.75) is 58.3 Å². The Balaban J connectivity index is 1.14. The molecular weight excluding hydrogens is 364 g/mol. The smallest absolute Gasteiger partial charge is 0.258 e. The van der Waals surface area contributed by atoms with Gasteiger partial charge in [-0.25, -0.2) is 0 Å². The van der Waals surface area contributed by atoms with Gasteiger partial charge in [-0.3, -0.25) is 9.59 Å². The van der Waals surface area contributed by atoms with Crippen LogP contribution in [0.25, 0.3) is 0 Å². The number of benzene rings is 1. The van der Waals surface area contributed by atoms with Crippen LogP contribution in [0.1, 0.15) is 57.4 Å². The van der Waals surface area contributed by atoms with Crippen molar-refractivity contribution in [3.05, 3.63) is 29.8 Å². The highest BCUT2D eigenvalue weighted by Gasteiger charge is 2.54. The van der Waals surface area contributed by atoms with Gasteiger partial charge in [-0.05, 0) is 80.4 Å². The van der Waals surface area contributed by atoms with E-state index in [-0.39, 0.29) is 23.8 Å². The third-order valence-electron chi connectivity index (χ3n) is 7.08. The van der Waals surface area contributed by atoms with E-state index in [1.807, 2.05) is 24.3 Å². The third-order valence-corrected chi connectivity index (χ3v) is 7.08. The number of ether oxygens (including phenoxy) is 1. The van der Waals surface area contributed by atoms with E-state index >= 15 is 0 Å².